The van der Waals surface area contributed by atoms with Crippen LogP contribution in [0.3, 0.4) is 0 Å². The Morgan fingerprint density at radius 2 is 1.81 bits per heavy atom. The molecular weight excluding hydrogens is 302 g/mol. The molecule has 1 rings (SSSR count). The minimum absolute atomic E-state index is 0.101. The molecule has 0 fully saturated rings. The van der Waals surface area contributed by atoms with E-state index >= 15 is 0 Å². The fraction of sp³-hybridized carbons (Fsp3) is 0.538. The molecule has 1 aromatic carbocycles. The van der Waals surface area contributed by atoms with E-state index in [2.05, 4.69) is 4.72 Å². The topological polar surface area (TPSA) is 69.6 Å². The summed E-state index contributed by atoms with van der Waals surface area (Å²) in [4.78, 5) is 0. The molecule has 0 amide bonds. The van der Waals surface area contributed by atoms with Gasteiger partial charge in [-0.2, -0.15) is 17.4 Å². The molecule has 0 spiro atoms. The summed E-state index contributed by atoms with van der Waals surface area (Å²) in [6.07, 6.45) is -1.29. The molecule has 0 heterocycles. The second kappa shape index (κ2) is 7.26. The summed E-state index contributed by atoms with van der Waals surface area (Å²) in [6, 6.07) is 2.06. The maximum absolute atomic E-state index is 13.1. The van der Waals surface area contributed by atoms with Crippen LogP contribution in [0.4, 0.5) is 8.78 Å². The molecule has 5 nitrogen and oxygen atoms in total. The normalized spacial score (nSPS) is 15.2. The number of nitrogens with one attached hydrogen (secondary N) is 1. The molecule has 0 aromatic heterocycles. The first-order valence-electron chi connectivity index (χ1n) is 6.63. The van der Waals surface area contributed by atoms with E-state index in [4.69, 9.17) is 0 Å². The van der Waals surface area contributed by atoms with Crippen molar-refractivity contribution in [3.05, 3.63) is 35.4 Å². The Bertz CT molecular complexity index is 577. The zero-order valence-corrected chi connectivity index (χ0v) is 13.0. The Labute approximate surface area is 123 Å². The highest BCUT2D eigenvalue weighted by Gasteiger charge is 2.26. The number of halogens is 2. The van der Waals surface area contributed by atoms with Crippen molar-refractivity contribution in [3.63, 3.8) is 0 Å². The van der Waals surface area contributed by atoms with Crippen LogP contribution in [0.1, 0.15) is 32.4 Å². The summed E-state index contributed by atoms with van der Waals surface area (Å²) in [7, 11) is -3.74. The molecule has 1 aromatic rings. The van der Waals surface area contributed by atoms with E-state index in [1.54, 1.807) is 13.8 Å². The highest BCUT2D eigenvalue weighted by molar-refractivity contribution is 7.87. The highest BCUT2D eigenvalue weighted by atomic mass is 32.2. The number of hydrogen-bond donors (Lipinski definition) is 2. The largest absolute Gasteiger partial charge is 0.387 e. The van der Waals surface area contributed by atoms with Gasteiger partial charge in [0, 0.05) is 13.1 Å². The average Bonchev–Trinajstić information content (AvgIpc) is 2.41. The van der Waals surface area contributed by atoms with E-state index < -0.39 is 34.0 Å². The van der Waals surface area contributed by atoms with E-state index in [-0.39, 0.29) is 5.56 Å². The van der Waals surface area contributed by atoms with Gasteiger partial charge in [0.1, 0.15) is 0 Å². The van der Waals surface area contributed by atoms with Crippen molar-refractivity contribution in [2.75, 3.05) is 13.1 Å². The van der Waals surface area contributed by atoms with Crippen molar-refractivity contribution in [1.82, 2.24) is 9.03 Å². The van der Waals surface area contributed by atoms with Gasteiger partial charge in [0.05, 0.1) is 12.1 Å². The first-order valence-corrected chi connectivity index (χ1v) is 8.07. The van der Waals surface area contributed by atoms with E-state index in [0.717, 1.165) is 12.1 Å². The molecular formula is C13H20F2N2O3S. The summed E-state index contributed by atoms with van der Waals surface area (Å²) in [5.74, 6) is -2.12. The lowest BCUT2D eigenvalue weighted by Crippen LogP contribution is -2.46. The zero-order chi connectivity index (χ0) is 16.2. The van der Waals surface area contributed by atoms with E-state index in [1.165, 1.54) is 17.3 Å². The number of aliphatic hydroxyl groups excluding tert-OH is 1. The van der Waals surface area contributed by atoms with Crippen LogP contribution in [0.25, 0.3) is 0 Å². The Morgan fingerprint density at radius 1 is 1.24 bits per heavy atom. The molecule has 120 valence electrons. The number of nitrogens with zero attached hydrogens (tertiary/aromatic N) is 1. The monoisotopic (exact) mass is 322 g/mol. The second-order valence-corrected chi connectivity index (χ2v) is 6.32. The summed E-state index contributed by atoms with van der Waals surface area (Å²) in [5.41, 5.74) is 0.101. The number of hydrogen-bond acceptors (Lipinski definition) is 3. The van der Waals surface area contributed by atoms with Gasteiger partial charge in [-0.25, -0.2) is 8.78 Å². The summed E-state index contributed by atoms with van der Waals surface area (Å²) in [5, 5.41) is 10.1. The zero-order valence-electron chi connectivity index (χ0n) is 12.2. The first kappa shape index (κ1) is 18.0. The van der Waals surface area contributed by atoms with Crippen molar-refractivity contribution < 1.29 is 22.3 Å². The summed E-state index contributed by atoms with van der Waals surface area (Å²) < 4.78 is 53.6. The van der Waals surface area contributed by atoms with Gasteiger partial charge in [0.2, 0.25) is 0 Å². The van der Waals surface area contributed by atoms with Crippen molar-refractivity contribution in [2.24, 2.45) is 0 Å². The van der Waals surface area contributed by atoms with Crippen molar-refractivity contribution in [2.45, 2.75) is 32.9 Å². The van der Waals surface area contributed by atoms with Gasteiger partial charge in [-0.05, 0) is 24.6 Å². The Hall–Kier alpha value is -1.09. The molecule has 8 heteroatoms. The molecule has 0 aliphatic heterocycles. The molecule has 21 heavy (non-hydrogen) atoms. The Kier molecular flexibility index (Phi) is 6.21. The van der Waals surface area contributed by atoms with E-state index in [9.17, 15) is 22.3 Å². The predicted octanol–water partition coefficient (Wildman–Crippen LogP) is 1.56. The minimum atomic E-state index is -3.74. The molecule has 0 saturated carbocycles. The van der Waals surface area contributed by atoms with Gasteiger partial charge in [-0.1, -0.05) is 19.9 Å². The van der Waals surface area contributed by atoms with Crippen LogP contribution in [-0.4, -0.2) is 37.0 Å². The molecule has 0 aliphatic rings. The van der Waals surface area contributed by atoms with Crippen molar-refractivity contribution in [3.8, 4) is 0 Å². The molecule has 0 bridgehead atoms. The van der Waals surface area contributed by atoms with Gasteiger partial charge >= 0.3 is 0 Å². The maximum atomic E-state index is 13.1. The quantitative estimate of drug-likeness (QED) is 0.800. The molecule has 2 unspecified atom stereocenters. The van der Waals surface area contributed by atoms with Crippen LogP contribution in [0, 0.1) is 11.6 Å². The maximum Gasteiger partial charge on any atom is 0.279 e. The molecule has 0 aliphatic carbocycles. The Morgan fingerprint density at radius 3 is 2.29 bits per heavy atom. The lowest BCUT2D eigenvalue weighted by Gasteiger charge is -2.25. The van der Waals surface area contributed by atoms with Gasteiger partial charge in [-0.15, -0.1) is 0 Å². The number of rotatable bonds is 7. The van der Waals surface area contributed by atoms with Crippen molar-refractivity contribution >= 4 is 10.2 Å². The van der Waals surface area contributed by atoms with E-state index in [0.29, 0.717) is 13.1 Å². The average molecular weight is 322 g/mol. The fourth-order valence-corrected chi connectivity index (χ4v) is 3.35. The summed E-state index contributed by atoms with van der Waals surface area (Å²) in [6.45, 7) is 5.42. The van der Waals surface area contributed by atoms with Crippen molar-refractivity contribution in [1.29, 1.82) is 0 Å². The summed E-state index contributed by atoms with van der Waals surface area (Å²) >= 11 is 0. The van der Waals surface area contributed by atoms with Crippen LogP contribution < -0.4 is 4.72 Å². The third-order valence-corrected chi connectivity index (χ3v) is 5.00. The van der Waals surface area contributed by atoms with Crippen LogP contribution in [0.15, 0.2) is 18.2 Å². The van der Waals surface area contributed by atoms with E-state index in [1.807, 2.05) is 0 Å². The molecule has 2 atom stereocenters. The highest BCUT2D eigenvalue weighted by Crippen LogP contribution is 2.20. The standard InChI is InChI=1S/C13H20F2N2O3S/c1-4-17(5-2)21(19,20)16-9(3)13(18)10-6-7-11(14)12(15)8-10/h6-9,13,16,18H,4-5H2,1-3H3. The lowest BCUT2D eigenvalue weighted by molar-refractivity contribution is 0.144. The lowest BCUT2D eigenvalue weighted by atomic mass is 10.0. The van der Waals surface area contributed by atoms with Gasteiger partial charge in [0.25, 0.3) is 10.2 Å². The minimum Gasteiger partial charge on any atom is -0.387 e. The number of aliphatic hydroxyl groups is 1. The molecule has 0 radical (unpaired) electrons. The third kappa shape index (κ3) is 4.44. The molecule has 0 saturated heterocycles. The van der Waals surface area contributed by atoms with Crippen LogP contribution in [0.5, 0.6) is 0 Å². The van der Waals surface area contributed by atoms with Crippen LogP contribution in [-0.2, 0) is 10.2 Å². The fourth-order valence-electron chi connectivity index (χ4n) is 1.92. The second-order valence-electron chi connectivity index (χ2n) is 4.61. The Balaban J connectivity index is 2.88. The van der Waals surface area contributed by atoms with Gasteiger partial charge < -0.3 is 5.11 Å². The molecule has 2 N–H and O–H groups in total. The van der Waals surface area contributed by atoms with Crippen LogP contribution in [0.2, 0.25) is 0 Å². The third-order valence-electron chi connectivity index (χ3n) is 3.14. The smallest absolute Gasteiger partial charge is 0.279 e. The predicted molar refractivity (Wildman–Crippen MR) is 75.8 cm³/mol. The van der Waals surface area contributed by atoms with Crippen LogP contribution >= 0.6 is 0 Å². The SMILES string of the molecule is CCN(CC)S(=O)(=O)NC(C)C(O)c1ccc(F)c(F)c1. The van der Waals surface area contributed by atoms with Gasteiger partial charge in [0.15, 0.2) is 11.6 Å². The van der Waals surface area contributed by atoms with Gasteiger partial charge in [-0.3, -0.25) is 0 Å². The number of benzene rings is 1. The first-order chi connectivity index (χ1) is 9.72.